The van der Waals surface area contributed by atoms with Crippen molar-refractivity contribution in [3.63, 3.8) is 0 Å². The van der Waals surface area contributed by atoms with Crippen LogP contribution in [0.1, 0.15) is 34.3 Å². The lowest BCUT2D eigenvalue weighted by Gasteiger charge is -2.19. The van der Waals surface area contributed by atoms with Crippen molar-refractivity contribution < 1.29 is 9.90 Å². The summed E-state index contributed by atoms with van der Waals surface area (Å²) in [6.45, 7) is 0.690. The Bertz CT molecular complexity index is 823. The van der Waals surface area contributed by atoms with Gasteiger partial charge >= 0.3 is 0 Å². The summed E-state index contributed by atoms with van der Waals surface area (Å²) in [4.78, 5) is 16.3. The van der Waals surface area contributed by atoms with E-state index >= 15 is 0 Å². The number of carbonyl (C=O) groups excluding carboxylic acids is 1. The van der Waals surface area contributed by atoms with Gasteiger partial charge in [-0.15, -0.1) is 24.0 Å². The van der Waals surface area contributed by atoms with Gasteiger partial charge in [0.15, 0.2) is 5.96 Å². The number of guanidine groups is 1. The summed E-state index contributed by atoms with van der Waals surface area (Å²) in [5, 5.41) is 15.6. The first-order valence-corrected chi connectivity index (χ1v) is 8.89. The normalized spacial score (nSPS) is 13.3. The zero-order valence-electron chi connectivity index (χ0n) is 15.1. The van der Waals surface area contributed by atoms with Crippen molar-refractivity contribution in [2.24, 2.45) is 10.7 Å². The van der Waals surface area contributed by atoms with E-state index in [4.69, 9.17) is 5.73 Å². The molecule has 3 rings (SSSR count). The zero-order chi connectivity index (χ0) is 18.4. The minimum atomic E-state index is -0.332. The van der Waals surface area contributed by atoms with Gasteiger partial charge in [-0.05, 0) is 55.0 Å². The van der Waals surface area contributed by atoms with Gasteiger partial charge < -0.3 is 21.5 Å². The lowest BCUT2D eigenvalue weighted by molar-refractivity contribution is 0.0952. The maximum absolute atomic E-state index is 12.0. The highest BCUT2D eigenvalue weighted by atomic mass is 127. The van der Waals surface area contributed by atoms with E-state index in [2.05, 4.69) is 21.7 Å². The third-order valence-electron chi connectivity index (χ3n) is 4.49. The van der Waals surface area contributed by atoms with Gasteiger partial charge in [-0.1, -0.05) is 24.3 Å². The fraction of sp³-hybridized carbons (Fsp3) is 0.300. The maximum atomic E-state index is 12.0. The van der Waals surface area contributed by atoms with E-state index in [9.17, 15) is 9.90 Å². The molecule has 0 atom stereocenters. The number of aliphatic imine (C=N–C) groups is 1. The van der Waals surface area contributed by atoms with E-state index in [1.807, 2.05) is 12.1 Å². The van der Waals surface area contributed by atoms with E-state index in [1.54, 1.807) is 18.2 Å². The number of halogens is 1. The number of anilines is 1. The molecule has 1 aliphatic carbocycles. The van der Waals surface area contributed by atoms with E-state index in [0.717, 1.165) is 18.5 Å². The van der Waals surface area contributed by atoms with Gasteiger partial charge in [-0.3, -0.25) is 9.79 Å². The first kappa shape index (κ1) is 21.0. The summed E-state index contributed by atoms with van der Waals surface area (Å²) < 4.78 is 0. The topological polar surface area (TPSA) is 99.7 Å². The molecule has 0 fully saturated rings. The Morgan fingerprint density at radius 1 is 1.11 bits per heavy atom. The van der Waals surface area contributed by atoms with Crippen LogP contribution in [0.5, 0.6) is 5.75 Å². The molecule has 0 saturated carbocycles. The zero-order valence-corrected chi connectivity index (χ0v) is 17.4. The van der Waals surface area contributed by atoms with Crippen LogP contribution in [0.15, 0.2) is 47.5 Å². The average Bonchev–Trinajstić information content (AvgIpc) is 2.66. The number of rotatable bonds is 5. The molecule has 0 bridgehead atoms. The van der Waals surface area contributed by atoms with Crippen LogP contribution < -0.4 is 16.4 Å². The second-order valence-electron chi connectivity index (χ2n) is 6.32. The SMILES string of the molecule is I.NC(=NCCNC(=O)c1ccccc1O)Nc1cccc2c1CCCC2. The van der Waals surface area contributed by atoms with Crippen molar-refractivity contribution in [3.05, 3.63) is 59.2 Å². The number of nitrogens with zero attached hydrogens (tertiary/aromatic N) is 1. The Labute approximate surface area is 176 Å². The highest BCUT2D eigenvalue weighted by Crippen LogP contribution is 2.27. The minimum Gasteiger partial charge on any atom is -0.507 e. The molecular formula is C20H25IN4O2. The molecule has 1 aliphatic rings. The van der Waals surface area contributed by atoms with Crippen LogP contribution in [-0.2, 0) is 12.8 Å². The molecule has 27 heavy (non-hydrogen) atoms. The van der Waals surface area contributed by atoms with Gasteiger partial charge in [0, 0.05) is 12.2 Å². The van der Waals surface area contributed by atoms with Crippen LogP contribution in [0.25, 0.3) is 0 Å². The van der Waals surface area contributed by atoms with Crippen LogP contribution in [0.4, 0.5) is 5.69 Å². The number of carbonyl (C=O) groups is 1. The number of hydrogen-bond acceptors (Lipinski definition) is 3. The highest BCUT2D eigenvalue weighted by Gasteiger charge is 2.13. The number of aryl methyl sites for hydroxylation is 1. The average molecular weight is 480 g/mol. The van der Waals surface area contributed by atoms with E-state index < -0.39 is 0 Å². The minimum absolute atomic E-state index is 0. The van der Waals surface area contributed by atoms with Crippen LogP contribution in [0, 0.1) is 0 Å². The molecule has 5 N–H and O–H groups in total. The Morgan fingerprint density at radius 2 is 1.89 bits per heavy atom. The first-order valence-electron chi connectivity index (χ1n) is 8.89. The largest absolute Gasteiger partial charge is 0.507 e. The van der Waals surface area contributed by atoms with Gasteiger partial charge in [-0.2, -0.15) is 0 Å². The van der Waals surface area contributed by atoms with E-state index in [-0.39, 0.29) is 41.2 Å². The number of aromatic hydroxyl groups is 1. The van der Waals surface area contributed by atoms with Crippen molar-refractivity contribution in [2.45, 2.75) is 25.7 Å². The van der Waals surface area contributed by atoms with E-state index in [1.165, 1.54) is 30.0 Å². The third kappa shape index (κ3) is 5.59. The number of para-hydroxylation sites is 1. The second kappa shape index (κ2) is 10.1. The number of phenols is 1. The van der Waals surface area contributed by atoms with Crippen LogP contribution in [0.2, 0.25) is 0 Å². The number of benzene rings is 2. The quantitative estimate of drug-likeness (QED) is 0.229. The molecule has 6 nitrogen and oxygen atoms in total. The molecule has 144 valence electrons. The molecule has 0 saturated heterocycles. The molecule has 0 radical (unpaired) electrons. The number of nitrogens with two attached hydrogens (primary N) is 1. The van der Waals surface area contributed by atoms with Gasteiger partial charge in [-0.25, -0.2) is 0 Å². The molecule has 0 unspecified atom stereocenters. The fourth-order valence-electron chi connectivity index (χ4n) is 3.18. The number of fused-ring (bicyclic) bond motifs is 1. The smallest absolute Gasteiger partial charge is 0.255 e. The summed E-state index contributed by atoms with van der Waals surface area (Å²) in [6, 6.07) is 12.7. The number of amides is 1. The predicted molar refractivity (Wildman–Crippen MR) is 119 cm³/mol. The Hall–Kier alpha value is -2.29. The monoisotopic (exact) mass is 480 g/mol. The first-order chi connectivity index (χ1) is 12.6. The highest BCUT2D eigenvalue weighted by molar-refractivity contribution is 14.0. The summed E-state index contributed by atoms with van der Waals surface area (Å²) in [7, 11) is 0. The van der Waals surface area contributed by atoms with Crippen molar-refractivity contribution in [3.8, 4) is 5.75 Å². The Kier molecular flexibility index (Phi) is 7.90. The Balaban J connectivity index is 0.00000261. The lowest BCUT2D eigenvalue weighted by atomic mass is 9.90. The van der Waals surface area contributed by atoms with Crippen LogP contribution >= 0.6 is 24.0 Å². The fourth-order valence-corrected chi connectivity index (χ4v) is 3.18. The molecule has 1 amide bonds. The number of phenolic OH excluding ortho intramolecular Hbond substituents is 1. The summed E-state index contributed by atoms with van der Waals surface area (Å²) in [5.41, 5.74) is 9.94. The van der Waals surface area contributed by atoms with Crippen molar-refractivity contribution >= 4 is 41.5 Å². The molecule has 2 aromatic carbocycles. The van der Waals surface area contributed by atoms with Crippen molar-refractivity contribution in [2.75, 3.05) is 18.4 Å². The summed E-state index contributed by atoms with van der Waals surface area (Å²) in [5.74, 6) is -0.0359. The summed E-state index contributed by atoms with van der Waals surface area (Å²) in [6.07, 6.45) is 4.60. The third-order valence-corrected chi connectivity index (χ3v) is 4.49. The van der Waals surface area contributed by atoms with Gasteiger partial charge in [0.1, 0.15) is 5.75 Å². The molecule has 7 heteroatoms. The lowest BCUT2D eigenvalue weighted by Crippen LogP contribution is -2.28. The van der Waals surface area contributed by atoms with Crippen molar-refractivity contribution in [1.82, 2.24) is 5.32 Å². The number of nitrogens with one attached hydrogen (secondary N) is 2. The van der Waals surface area contributed by atoms with Crippen molar-refractivity contribution in [1.29, 1.82) is 0 Å². The predicted octanol–water partition coefficient (Wildman–Crippen LogP) is 3.05. The Morgan fingerprint density at radius 3 is 2.70 bits per heavy atom. The van der Waals surface area contributed by atoms with Gasteiger partial charge in [0.25, 0.3) is 5.91 Å². The molecule has 0 spiro atoms. The molecular weight excluding hydrogens is 455 g/mol. The van der Waals surface area contributed by atoms with Gasteiger partial charge in [0.2, 0.25) is 0 Å². The van der Waals surface area contributed by atoms with Crippen LogP contribution in [-0.4, -0.2) is 30.1 Å². The maximum Gasteiger partial charge on any atom is 0.255 e. The van der Waals surface area contributed by atoms with Gasteiger partial charge in [0.05, 0.1) is 12.1 Å². The van der Waals surface area contributed by atoms with E-state index in [0.29, 0.717) is 19.0 Å². The standard InChI is InChI=1S/C20H24N4O2.HI/c21-20(24-17-10-5-7-14-6-1-2-8-15(14)17)23-13-12-22-19(26)16-9-3-4-11-18(16)25;/h3-5,7,9-11,25H,1-2,6,8,12-13H2,(H,22,26)(H3,21,23,24);1H. The molecule has 0 aliphatic heterocycles. The summed E-state index contributed by atoms with van der Waals surface area (Å²) >= 11 is 0. The molecule has 0 heterocycles. The molecule has 2 aromatic rings. The van der Waals surface area contributed by atoms with Crippen LogP contribution in [0.3, 0.4) is 0 Å². The number of hydrogen-bond donors (Lipinski definition) is 4. The molecule has 0 aromatic heterocycles. The second-order valence-corrected chi connectivity index (χ2v) is 6.32.